The molecule has 4 heterocycles. The Morgan fingerprint density at radius 3 is 2.58 bits per heavy atom. The Balaban J connectivity index is 1.25. The lowest BCUT2D eigenvalue weighted by molar-refractivity contribution is -0.104. The van der Waals surface area contributed by atoms with Gasteiger partial charge in [-0.2, -0.15) is 0 Å². The molecule has 0 saturated carbocycles. The molecular weight excluding hydrogens is 498 g/mol. The van der Waals surface area contributed by atoms with Gasteiger partial charge in [0.15, 0.2) is 17.9 Å². The monoisotopic (exact) mass is 534 g/mol. The van der Waals surface area contributed by atoms with E-state index in [1.54, 1.807) is 11.3 Å². The van der Waals surface area contributed by atoms with Gasteiger partial charge in [-0.25, -0.2) is 9.97 Å². The summed E-state index contributed by atoms with van der Waals surface area (Å²) >= 11 is 1.77. The third-order valence-electron chi connectivity index (χ3n) is 7.65. The minimum Gasteiger partial charge on any atom is -0.398 e. The van der Waals surface area contributed by atoms with Crippen LogP contribution in [0.3, 0.4) is 0 Å². The molecule has 2 saturated heterocycles. The predicted octanol–water partition coefficient (Wildman–Crippen LogP) is 1.46. The smallest absolute Gasteiger partial charge is 0.170 e. The van der Waals surface area contributed by atoms with E-state index >= 15 is 0 Å². The molecule has 0 spiro atoms. The van der Waals surface area contributed by atoms with Gasteiger partial charge in [-0.1, -0.05) is 24.3 Å². The fourth-order valence-corrected chi connectivity index (χ4v) is 6.61. The Hall–Kier alpha value is -2.89. The third-order valence-corrected chi connectivity index (χ3v) is 8.78. The Labute approximate surface area is 227 Å². The number of thiophene rings is 1. The van der Waals surface area contributed by atoms with Crippen molar-refractivity contribution in [2.75, 3.05) is 63.2 Å². The SMILES string of the molecule is Nc1cccc(-c2nc(N3CCOCC3)c3sc(CNC4C=CC(N5CCOCC5)CC4)cc3n2)c1C=[NH2+]. The maximum atomic E-state index is 6.21. The summed E-state index contributed by atoms with van der Waals surface area (Å²) in [6.07, 6.45) is 8.58. The summed E-state index contributed by atoms with van der Waals surface area (Å²) in [5.41, 5.74) is 9.39. The van der Waals surface area contributed by atoms with Crippen LogP contribution in [-0.2, 0) is 16.0 Å². The number of aromatic nitrogens is 2. The summed E-state index contributed by atoms with van der Waals surface area (Å²) in [5, 5.41) is 9.69. The van der Waals surface area contributed by atoms with Gasteiger partial charge >= 0.3 is 0 Å². The molecule has 200 valence electrons. The molecule has 2 aromatic heterocycles. The highest BCUT2D eigenvalue weighted by Crippen LogP contribution is 2.35. The van der Waals surface area contributed by atoms with Crippen molar-refractivity contribution >= 4 is 39.3 Å². The second kappa shape index (κ2) is 11.5. The largest absolute Gasteiger partial charge is 0.398 e. The Kier molecular flexibility index (Phi) is 7.66. The summed E-state index contributed by atoms with van der Waals surface area (Å²) in [7, 11) is 0. The summed E-state index contributed by atoms with van der Waals surface area (Å²) in [6.45, 7) is 7.56. The second-order valence-electron chi connectivity index (χ2n) is 10.0. The minimum atomic E-state index is 0.382. The van der Waals surface area contributed by atoms with Gasteiger partial charge in [0.05, 0.1) is 42.2 Å². The average molecular weight is 535 g/mol. The van der Waals surface area contributed by atoms with Gasteiger partial charge in [-0.15, -0.1) is 11.3 Å². The van der Waals surface area contributed by atoms with Crippen molar-refractivity contribution in [3.63, 3.8) is 0 Å². The lowest BCUT2D eigenvalue weighted by Gasteiger charge is -2.35. The molecule has 0 bridgehead atoms. The van der Waals surface area contributed by atoms with E-state index < -0.39 is 0 Å². The molecule has 0 radical (unpaired) electrons. The normalized spacial score (nSPS) is 22.7. The van der Waals surface area contributed by atoms with Crippen LogP contribution < -0.4 is 21.4 Å². The van der Waals surface area contributed by atoms with Crippen molar-refractivity contribution in [3.05, 3.63) is 46.9 Å². The molecule has 5 N–H and O–H groups in total. The number of hydrogen-bond acceptors (Lipinski definition) is 9. The van der Waals surface area contributed by atoms with Crippen molar-refractivity contribution in [1.82, 2.24) is 20.2 Å². The zero-order chi connectivity index (χ0) is 25.9. The molecule has 38 heavy (non-hydrogen) atoms. The van der Waals surface area contributed by atoms with E-state index in [2.05, 4.69) is 33.3 Å². The molecule has 1 aromatic carbocycles. The molecule has 0 amide bonds. The predicted molar refractivity (Wildman–Crippen MR) is 153 cm³/mol. The quantitative estimate of drug-likeness (QED) is 0.237. The van der Waals surface area contributed by atoms with Gasteiger partial charge < -0.3 is 25.4 Å². The van der Waals surface area contributed by atoms with Crippen LogP contribution in [0.1, 0.15) is 23.3 Å². The molecule has 6 rings (SSSR count). The van der Waals surface area contributed by atoms with Crippen LogP contribution in [-0.4, -0.2) is 85.8 Å². The molecule has 3 aliphatic rings. The number of rotatable bonds is 7. The van der Waals surface area contributed by atoms with E-state index in [0.717, 1.165) is 79.5 Å². The first-order valence-corrected chi connectivity index (χ1v) is 14.3. The van der Waals surface area contributed by atoms with E-state index in [4.69, 9.17) is 30.6 Å². The van der Waals surface area contributed by atoms with Crippen molar-refractivity contribution in [2.45, 2.75) is 31.5 Å². The van der Waals surface area contributed by atoms with E-state index in [0.29, 0.717) is 36.8 Å². The first-order valence-electron chi connectivity index (χ1n) is 13.5. The van der Waals surface area contributed by atoms with Crippen LogP contribution in [0.2, 0.25) is 0 Å². The van der Waals surface area contributed by atoms with E-state index in [1.807, 2.05) is 18.2 Å². The minimum absolute atomic E-state index is 0.382. The number of anilines is 2. The zero-order valence-electron chi connectivity index (χ0n) is 21.6. The van der Waals surface area contributed by atoms with Gasteiger partial charge in [0, 0.05) is 60.9 Å². The number of benzene rings is 1. The second-order valence-corrected chi connectivity index (χ2v) is 11.2. The fraction of sp³-hybridized carbons (Fsp3) is 0.464. The van der Waals surface area contributed by atoms with Crippen LogP contribution in [0.5, 0.6) is 0 Å². The van der Waals surface area contributed by atoms with E-state index in [9.17, 15) is 0 Å². The van der Waals surface area contributed by atoms with Crippen LogP contribution in [0.15, 0.2) is 36.4 Å². The van der Waals surface area contributed by atoms with Gasteiger partial charge in [-0.3, -0.25) is 10.3 Å². The number of ether oxygens (including phenoxy) is 2. The lowest BCUT2D eigenvalue weighted by Crippen LogP contribution is -2.44. The van der Waals surface area contributed by atoms with Gasteiger partial charge in [0.2, 0.25) is 0 Å². The van der Waals surface area contributed by atoms with Crippen molar-refractivity contribution in [1.29, 1.82) is 0 Å². The standard InChI is InChI=1S/C28H35N7O2S/c29-17-23-22(2-1-3-24(23)30)27-32-25-16-21(38-26(25)28(33-27)35-10-14-37-15-11-35)18-31-19-4-6-20(7-5-19)34-8-12-36-13-9-34/h1-4,6,16-17,19-20,29,31H,5,7-15,18,30H2/p+1. The number of nitrogens with two attached hydrogens (primary N) is 2. The molecule has 3 aromatic rings. The number of hydrogen-bond donors (Lipinski definition) is 3. The third kappa shape index (κ3) is 5.32. The number of nitrogen functional groups attached to an aromatic ring is 1. The maximum Gasteiger partial charge on any atom is 0.170 e. The van der Waals surface area contributed by atoms with Crippen LogP contribution in [0.25, 0.3) is 21.6 Å². The molecule has 10 heteroatoms. The average Bonchev–Trinajstić information content (AvgIpc) is 3.40. The molecule has 2 atom stereocenters. The molecule has 9 nitrogen and oxygen atoms in total. The summed E-state index contributed by atoms with van der Waals surface area (Å²) in [5.74, 6) is 1.60. The van der Waals surface area contributed by atoms with E-state index in [-0.39, 0.29) is 0 Å². The molecule has 1 aliphatic carbocycles. The van der Waals surface area contributed by atoms with Crippen molar-refractivity contribution < 1.29 is 14.9 Å². The highest BCUT2D eigenvalue weighted by Gasteiger charge is 2.24. The Bertz CT molecular complexity index is 1310. The van der Waals surface area contributed by atoms with E-state index in [1.165, 1.54) is 17.5 Å². The Morgan fingerprint density at radius 2 is 1.84 bits per heavy atom. The van der Waals surface area contributed by atoms with Crippen LogP contribution in [0, 0.1) is 0 Å². The Morgan fingerprint density at radius 1 is 1.05 bits per heavy atom. The van der Waals surface area contributed by atoms with Crippen LogP contribution >= 0.6 is 11.3 Å². The van der Waals surface area contributed by atoms with Crippen LogP contribution in [0.4, 0.5) is 11.5 Å². The summed E-state index contributed by atoms with van der Waals surface area (Å²) in [4.78, 5) is 16.1. The molecular formula is C28H36N7O2S+. The molecule has 2 aliphatic heterocycles. The first kappa shape index (κ1) is 25.4. The maximum absolute atomic E-state index is 6.21. The zero-order valence-corrected chi connectivity index (χ0v) is 22.5. The number of fused-ring (bicyclic) bond motifs is 1. The van der Waals surface area contributed by atoms with Gasteiger partial charge in [-0.05, 0) is 25.0 Å². The highest BCUT2D eigenvalue weighted by atomic mass is 32.1. The number of nitrogens with one attached hydrogen (secondary N) is 1. The van der Waals surface area contributed by atoms with Crippen molar-refractivity contribution in [2.24, 2.45) is 0 Å². The number of nitrogens with zero attached hydrogens (tertiary/aromatic N) is 4. The topological polar surface area (TPSA) is 114 Å². The van der Waals surface area contributed by atoms with Crippen molar-refractivity contribution in [3.8, 4) is 11.4 Å². The number of morpholine rings is 2. The van der Waals surface area contributed by atoms with Gasteiger partial charge in [0.25, 0.3) is 0 Å². The van der Waals surface area contributed by atoms with Gasteiger partial charge in [0.1, 0.15) is 0 Å². The highest BCUT2D eigenvalue weighted by molar-refractivity contribution is 7.19. The lowest BCUT2D eigenvalue weighted by atomic mass is 9.97. The first-order chi connectivity index (χ1) is 18.7. The summed E-state index contributed by atoms with van der Waals surface area (Å²) < 4.78 is 12.2. The fourth-order valence-electron chi connectivity index (χ4n) is 5.55. The summed E-state index contributed by atoms with van der Waals surface area (Å²) in [6, 6.07) is 8.86. The molecule has 2 fully saturated rings. The molecule has 2 unspecified atom stereocenters.